The van der Waals surface area contributed by atoms with Crippen LogP contribution in [0.5, 0.6) is 0 Å². The van der Waals surface area contributed by atoms with Crippen molar-refractivity contribution < 1.29 is 9.32 Å². The first-order chi connectivity index (χ1) is 11.4. The molecule has 6 nitrogen and oxygen atoms in total. The molecule has 2 aromatic rings. The fourth-order valence-electron chi connectivity index (χ4n) is 2.73. The average Bonchev–Trinajstić information content (AvgIpc) is 3.24. The number of piperazine rings is 1. The fourth-order valence-corrected chi connectivity index (χ4v) is 3.42. The van der Waals surface area contributed by atoms with E-state index in [0.29, 0.717) is 5.89 Å². The van der Waals surface area contributed by atoms with Gasteiger partial charge in [-0.3, -0.25) is 9.69 Å². The van der Waals surface area contributed by atoms with Crippen molar-refractivity contribution in [1.82, 2.24) is 19.9 Å². The van der Waals surface area contributed by atoms with Gasteiger partial charge in [-0.25, -0.2) is 0 Å². The highest BCUT2D eigenvalue weighted by Gasteiger charge is 2.29. The van der Waals surface area contributed by atoms with Crippen LogP contribution in [0.15, 0.2) is 22.0 Å². The molecule has 3 rings (SSSR count). The first-order valence-electron chi connectivity index (χ1n) is 8.27. The highest BCUT2D eigenvalue weighted by Crippen LogP contribution is 2.25. The first kappa shape index (κ1) is 17.1. The summed E-state index contributed by atoms with van der Waals surface area (Å²) < 4.78 is 5.46. The Morgan fingerprint density at radius 2 is 2.00 bits per heavy atom. The molecule has 0 aliphatic carbocycles. The molecule has 0 saturated carbocycles. The van der Waals surface area contributed by atoms with Crippen molar-refractivity contribution in [2.45, 2.75) is 39.2 Å². The van der Waals surface area contributed by atoms with E-state index in [9.17, 15) is 4.79 Å². The second kappa shape index (κ2) is 6.64. The van der Waals surface area contributed by atoms with Gasteiger partial charge in [-0.15, -0.1) is 11.3 Å². The van der Waals surface area contributed by atoms with Gasteiger partial charge in [-0.05, 0) is 18.4 Å². The van der Waals surface area contributed by atoms with Gasteiger partial charge in [0.2, 0.25) is 5.89 Å². The number of amides is 1. The summed E-state index contributed by atoms with van der Waals surface area (Å²) in [6, 6.07) is 3.86. The van der Waals surface area contributed by atoms with Crippen LogP contribution in [-0.4, -0.2) is 52.0 Å². The molecule has 1 fully saturated rings. The summed E-state index contributed by atoms with van der Waals surface area (Å²) in [6.07, 6.45) is 0. The van der Waals surface area contributed by atoms with Crippen LogP contribution in [0.4, 0.5) is 0 Å². The van der Waals surface area contributed by atoms with E-state index in [1.165, 1.54) is 11.3 Å². The van der Waals surface area contributed by atoms with E-state index in [-0.39, 0.29) is 17.4 Å². The van der Waals surface area contributed by atoms with Crippen LogP contribution in [0.1, 0.15) is 55.1 Å². The van der Waals surface area contributed by atoms with Crippen LogP contribution < -0.4 is 0 Å². The second-order valence-electron chi connectivity index (χ2n) is 7.19. The fraction of sp³-hybridized carbons (Fsp3) is 0.588. The number of hydrogen-bond acceptors (Lipinski definition) is 6. The van der Waals surface area contributed by atoms with Crippen LogP contribution in [0.3, 0.4) is 0 Å². The zero-order valence-corrected chi connectivity index (χ0v) is 15.5. The van der Waals surface area contributed by atoms with E-state index >= 15 is 0 Å². The van der Waals surface area contributed by atoms with Crippen molar-refractivity contribution >= 4 is 17.2 Å². The minimum Gasteiger partial charge on any atom is -0.338 e. The maximum atomic E-state index is 12.4. The van der Waals surface area contributed by atoms with Crippen LogP contribution in [0.25, 0.3) is 0 Å². The topological polar surface area (TPSA) is 62.5 Å². The molecule has 7 heteroatoms. The predicted octanol–water partition coefficient (Wildman–Crippen LogP) is 2.95. The van der Waals surface area contributed by atoms with E-state index in [1.807, 2.05) is 22.4 Å². The monoisotopic (exact) mass is 348 g/mol. The molecule has 0 N–H and O–H groups in total. The summed E-state index contributed by atoms with van der Waals surface area (Å²) in [5.41, 5.74) is -0.118. The summed E-state index contributed by atoms with van der Waals surface area (Å²) in [5.74, 6) is 1.51. The lowest BCUT2D eigenvalue weighted by Crippen LogP contribution is -2.49. The molecule has 2 aromatic heterocycles. The molecular weight excluding hydrogens is 324 g/mol. The van der Waals surface area contributed by atoms with Gasteiger partial charge >= 0.3 is 0 Å². The Balaban J connectivity index is 1.60. The molecule has 130 valence electrons. The van der Waals surface area contributed by atoms with E-state index in [1.54, 1.807) is 0 Å². The van der Waals surface area contributed by atoms with Gasteiger partial charge in [0.15, 0.2) is 5.82 Å². The quantitative estimate of drug-likeness (QED) is 0.853. The maximum Gasteiger partial charge on any atom is 0.264 e. The number of thiophene rings is 1. The third-order valence-corrected chi connectivity index (χ3v) is 5.21. The Bertz CT molecular complexity index is 682. The van der Waals surface area contributed by atoms with Crippen molar-refractivity contribution in [1.29, 1.82) is 0 Å². The van der Waals surface area contributed by atoms with Crippen molar-refractivity contribution in [3.63, 3.8) is 0 Å². The minimum absolute atomic E-state index is 0.0626. The summed E-state index contributed by atoms with van der Waals surface area (Å²) in [7, 11) is 0. The van der Waals surface area contributed by atoms with Crippen LogP contribution in [0.2, 0.25) is 0 Å². The third-order valence-electron chi connectivity index (χ3n) is 4.35. The van der Waals surface area contributed by atoms with Crippen LogP contribution in [-0.2, 0) is 5.41 Å². The number of aromatic nitrogens is 2. The average molecular weight is 348 g/mol. The smallest absolute Gasteiger partial charge is 0.264 e. The zero-order chi connectivity index (χ0) is 17.3. The van der Waals surface area contributed by atoms with Crippen molar-refractivity contribution in [2.75, 3.05) is 26.2 Å². The standard InChI is InChI=1S/C17H24N4O2S/c1-12(14-18-16(19-23-14)17(2,3)4)20-7-9-21(10-8-20)15(22)13-6-5-11-24-13/h5-6,11-12H,7-10H2,1-4H3/t12-/m0/s1. The van der Waals surface area contributed by atoms with Gasteiger partial charge in [0, 0.05) is 31.6 Å². The van der Waals surface area contributed by atoms with Crippen molar-refractivity contribution in [3.05, 3.63) is 34.1 Å². The van der Waals surface area contributed by atoms with Gasteiger partial charge in [-0.1, -0.05) is 32.0 Å². The normalized spacial score (nSPS) is 17.9. The molecule has 1 saturated heterocycles. The summed E-state index contributed by atoms with van der Waals surface area (Å²) in [6.45, 7) is 11.4. The number of nitrogens with zero attached hydrogens (tertiary/aromatic N) is 4. The summed E-state index contributed by atoms with van der Waals surface area (Å²) >= 11 is 1.50. The molecule has 1 aliphatic heterocycles. The van der Waals surface area contributed by atoms with Crippen LogP contribution in [0, 0.1) is 0 Å². The first-order valence-corrected chi connectivity index (χ1v) is 9.15. The molecule has 0 bridgehead atoms. The Morgan fingerprint density at radius 3 is 2.54 bits per heavy atom. The number of rotatable bonds is 3. The number of carbonyl (C=O) groups excluding carboxylic acids is 1. The van der Waals surface area contributed by atoms with Gasteiger partial charge in [0.1, 0.15) is 0 Å². The lowest BCUT2D eigenvalue weighted by Gasteiger charge is -2.36. The molecule has 1 atom stereocenters. The highest BCUT2D eigenvalue weighted by molar-refractivity contribution is 7.12. The zero-order valence-electron chi connectivity index (χ0n) is 14.7. The molecule has 0 unspecified atom stereocenters. The van der Waals surface area contributed by atoms with E-state index in [2.05, 4.69) is 42.7 Å². The Morgan fingerprint density at radius 1 is 1.29 bits per heavy atom. The van der Waals surface area contributed by atoms with E-state index in [0.717, 1.165) is 36.9 Å². The molecule has 0 aromatic carbocycles. The third kappa shape index (κ3) is 3.52. The second-order valence-corrected chi connectivity index (χ2v) is 8.14. The molecule has 1 aliphatic rings. The van der Waals surface area contributed by atoms with Crippen molar-refractivity contribution in [3.8, 4) is 0 Å². The predicted molar refractivity (Wildman–Crippen MR) is 93.2 cm³/mol. The van der Waals surface area contributed by atoms with Gasteiger partial charge in [-0.2, -0.15) is 4.98 Å². The maximum absolute atomic E-state index is 12.4. The summed E-state index contributed by atoms with van der Waals surface area (Å²) in [5, 5.41) is 6.04. The van der Waals surface area contributed by atoms with Crippen LogP contribution >= 0.6 is 11.3 Å². The molecule has 0 radical (unpaired) electrons. The highest BCUT2D eigenvalue weighted by atomic mass is 32.1. The van der Waals surface area contributed by atoms with Crippen molar-refractivity contribution in [2.24, 2.45) is 0 Å². The van der Waals surface area contributed by atoms with Gasteiger partial charge in [0.05, 0.1) is 10.9 Å². The van der Waals surface area contributed by atoms with Gasteiger partial charge < -0.3 is 9.42 Å². The molecular formula is C17H24N4O2S. The number of hydrogen-bond donors (Lipinski definition) is 0. The minimum atomic E-state index is -0.118. The molecule has 0 spiro atoms. The largest absolute Gasteiger partial charge is 0.338 e. The lowest BCUT2D eigenvalue weighted by atomic mass is 9.96. The number of carbonyl (C=O) groups is 1. The van der Waals surface area contributed by atoms with E-state index < -0.39 is 0 Å². The molecule has 1 amide bonds. The molecule has 24 heavy (non-hydrogen) atoms. The Labute approximate surface area is 146 Å². The van der Waals surface area contributed by atoms with E-state index in [4.69, 9.17) is 4.52 Å². The SMILES string of the molecule is C[C@@H](c1nc(C(C)(C)C)no1)N1CCN(C(=O)c2cccs2)CC1. The molecule has 3 heterocycles. The Kier molecular flexibility index (Phi) is 4.73. The Hall–Kier alpha value is -1.73. The van der Waals surface area contributed by atoms with Gasteiger partial charge in [0.25, 0.3) is 5.91 Å². The lowest BCUT2D eigenvalue weighted by molar-refractivity contribution is 0.0556. The summed E-state index contributed by atoms with van der Waals surface area (Å²) in [4.78, 5) is 22.0.